The van der Waals surface area contributed by atoms with E-state index in [0.717, 1.165) is 16.5 Å². The zero-order chi connectivity index (χ0) is 13.1. The minimum Gasteiger partial charge on any atom is -0.437 e. The first-order valence-electron chi connectivity index (χ1n) is 5.94. The summed E-state index contributed by atoms with van der Waals surface area (Å²) in [6.07, 6.45) is 3.04. The van der Waals surface area contributed by atoms with Gasteiger partial charge in [0.2, 0.25) is 5.88 Å². The van der Waals surface area contributed by atoms with Gasteiger partial charge in [-0.3, -0.25) is 4.98 Å². The summed E-state index contributed by atoms with van der Waals surface area (Å²) >= 11 is 0. The summed E-state index contributed by atoms with van der Waals surface area (Å²) < 4.78 is 5.75. The molecule has 4 heteroatoms. The van der Waals surface area contributed by atoms with Crippen LogP contribution in [0.15, 0.2) is 54.9 Å². The van der Waals surface area contributed by atoms with E-state index >= 15 is 0 Å². The van der Waals surface area contributed by atoms with Crippen molar-refractivity contribution in [3.8, 4) is 11.6 Å². The van der Waals surface area contributed by atoms with E-state index in [9.17, 15) is 0 Å². The van der Waals surface area contributed by atoms with E-state index in [1.54, 1.807) is 0 Å². The predicted octanol–water partition coefficient (Wildman–Crippen LogP) is 2.91. The third-order valence-electron chi connectivity index (χ3n) is 2.79. The molecule has 0 aliphatic rings. The largest absolute Gasteiger partial charge is 0.437 e. The van der Waals surface area contributed by atoms with E-state index in [-0.39, 0.29) is 6.61 Å². The van der Waals surface area contributed by atoms with Crippen molar-refractivity contribution < 1.29 is 9.84 Å². The Hall–Kier alpha value is -2.46. The molecule has 3 rings (SSSR count). The lowest BCUT2D eigenvalue weighted by molar-refractivity contribution is 0.274. The molecule has 0 aliphatic carbocycles. The van der Waals surface area contributed by atoms with Crippen LogP contribution in [-0.4, -0.2) is 15.1 Å². The van der Waals surface area contributed by atoms with Gasteiger partial charge in [0.1, 0.15) is 5.75 Å². The Morgan fingerprint density at radius 1 is 1.00 bits per heavy atom. The molecule has 0 amide bonds. The van der Waals surface area contributed by atoms with Gasteiger partial charge in [0.25, 0.3) is 0 Å². The molecule has 94 valence electrons. The lowest BCUT2D eigenvalue weighted by Gasteiger charge is -2.08. The number of aliphatic hydroxyl groups excluding tert-OH is 1. The molecule has 3 aromatic rings. The van der Waals surface area contributed by atoms with Crippen molar-refractivity contribution in [2.75, 3.05) is 0 Å². The second-order valence-electron chi connectivity index (χ2n) is 4.09. The maximum Gasteiger partial charge on any atom is 0.238 e. The van der Waals surface area contributed by atoms with Crippen LogP contribution in [0.3, 0.4) is 0 Å². The predicted molar refractivity (Wildman–Crippen MR) is 72.0 cm³/mol. The zero-order valence-electron chi connectivity index (χ0n) is 10.2. The Morgan fingerprint density at radius 2 is 1.84 bits per heavy atom. The summed E-state index contributed by atoms with van der Waals surface area (Å²) in [6.45, 7) is -0.153. The van der Waals surface area contributed by atoms with Crippen LogP contribution in [0.4, 0.5) is 0 Å². The SMILES string of the molecule is OCc1cncc(Oc2cccc3ccccc23)n1. The molecule has 0 saturated carbocycles. The zero-order valence-corrected chi connectivity index (χ0v) is 10.2. The summed E-state index contributed by atoms with van der Waals surface area (Å²) in [5.74, 6) is 1.10. The van der Waals surface area contributed by atoms with E-state index in [0.29, 0.717) is 11.6 Å². The molecular weight excluding hydrogens is 240 g/mol. The van der Waals surface area contributed by atoms with Gasteiger partial charge in [-0.2, -0.15) is 0 Å². The molecule has 0 saturated heterocycles. The van der Waals surface area contributed by atoms with Crippen LogP contribution in [0.1, 0.15) is 5.69 Å². The second-order valence-corrected chi connectivity index (χ2v) is 4.09. The molecule has 0 atom stereocenters. The number of ether oxygens (including phenoxy) is 1. The van der Waals surface area contributed by atoms with Gasteiger partial charge in [-0.15, -0.1) is 0 Å². The van der Waals surface area contributed by atoms with Gasteiger partial charge in [0.05, 0.1) is 24.7 Å². The molecule has 1 N–H and O–H groups in total. The first kappa shape index (κ1) is 11.6. The Labute approximate surface area is 110 Å². The number of hydrogen-bond donors (Lipinski definition) is 1. The number of aromatic nitrogens is 2. The lowest BCUT2D eigenvalue weighted by atomic mass is 10.1. The second kappa shape index (κ2) is 5.04. The van der Waals surface area contributed by atoms with Crippen molar-refractivity contribution in [3.05, 3.63) is 60.6 Å². The molecule has 0 bridgehead atoms. The van der Waals surface area contributed by atoms with E-state index in [1.165, 1.54) is 12.4 Å². The van der Waals surface area contributed by atoms with Crippen molar-refractivity contribution >= 4 is 10.8 Å². The first-order valence-corrected chi connectivity index (χ1v) is 5.94. The van der Waals surface area contributed by atoms with Crippen molar-refractivity contribution in [3.63, 3.8) is 0 Å². The van der Waals surface area contributed by atoms with Crippen LogP contribution in [0, 0.1) is 0 Å². The van der Waals surface area contributed by atoms with Crippen LogP contribution in [-0.2, 0) is 6.61 Å². The maximum absolute atomic E-state index is 9.04. The summed E-state index contributed by atoms with van der Waals surface area (Å²) in [6, 6.07) is 13.8. The highest BCUT2D eigenvalue weighted by molar-refractivity contribution is 5.88. The van der Waals surface area contributed by atoms with Gasteiger partial charge in [-0.05, 0) is 11.5 Å². The highest BCUT2D eigenvalue weighted by atomic mass is 16.5. The minimum atomic E-state index is -0.153. The Morgan fingerprint density at radius 3 is 2.74 bits per heavy atom. The molecule has 4 nitrogen and oxygen atoms in total. The van der Waals surface area contributed by atoms with E-state index in [4.69, 9.17) is 9.84 Å². The summed E-state index contributed by atoms with van der Waals surface area (Å²) in [5.41, 5.74) is 0.484. The van der Waals surface area contributed by atoms with Gasteiger partial charge in [-0.1, -0.05) is 36.4 Å². The van der Waals surface area contributed by atoms with Crippen molar-refractivity contribution in [1.29, 1.82) is 0 Å². The molecule has 19 heavy (non-hydrogen) atoms. The quantitative estimate of drug-likeness (QED) is 0.778. The van der Waals surface area contributed by atoms with E-state index < -0.39 is 0 Å². The highest BCUT2D eigenvalue weighted by Gasteiger charge is 2.04. The molecule has 0 spiro atoms. The summed E-state index contributed by atoms with van der Waals surface area (Å²) in [7, 11) is 0. The lowest BCUT2D eigenvalue weighted by Crippen LogP contribution is -1.95. The molecule has 0 aliphatic heterocycles. The molecule has 0 radical (unpaired) electrons. The van der Waals surface area contributed by atoms with Crippen LogP contribution >= 0.6 is 0 Å². The van der Waals surface area contributed by atoms with E-state index in [2.05, 4.69) is 9.97 Å². The summed E-state index contributed by atoms with van der Waals surface area (Å²) in [5, 5.41) is 11.2. The van der Waals surface area contributed by atoms with Gasteiger partial charge in [-0.25, -0.2) is 4.98 Å². The van der Waals surface area contributed by atoms with E-state index in [1.807, 2.05) is 42.5 Å². The normalized spacial score (nSPS) is 10.6. The molecule has 0 unspecified atom stereocenters. The smallest absolute Gasteiger partial charge is 0.238 e. The van der Waals surface area contributed by atoms with Crippen LogP contribution in [0.5, 0.6) is 11.6 Å². The van der Waals surface area contributed by atoms with Crippen LogP contribution in [0.25, 0.3) is 10.8 Å². The standard InChI is InChI=1S/C15H12N2O2/c18-10-12-8-16-9-15(17-12)19-14-7-3-5-11-4-1-2-6-13(11)14/h1-9,18H,10H2. The molecule has 1 heterocycles. The van der Waals surface area contributed by atoms with Gasteiger partial charge in [0.15, 0.2) is 0 Å². The Bertz CT molecular complexity index is 708. The fourth-order valence-corrected chi connectivity index (χ4v) is 1.91. The Kier molecular flexibility index (Phi) is 3.08. The number of rotatable bonds is 3. The highest BCUT2D eigenvalue weighted by Crippen LogP contribution is 2.28. The number of hydrogen-bond acceptors (Lipinski definition) is 4. The maximum atomic E-state index is 9.04. The first-order chi connectivity index (χ1) is 9.36. The monoisotopic (exact) mass is 252 g/mol. The third-order valence-corrected chi connectivity index (χ3v) is 2.79. The number of benzene rings is 2. The summed E-state index contributed by atoms with van der Waals surface area (Å²) in [4.78, 5) is 8.14. The molecule has 2 aromatic carbocycles. The average Bonchev–Trinajstić information content (AvgIpc) is 2.48. The number of aliphatic hydroxyl groups is 1. The molecular formula is C15H12N2O2. The fourth-order valence-electron chi connectivity index (χ4n) is 1.91. The van der Waals surface area contributed by atoms with Gasteiger partial charge < -0.3 is 9.84 Å². The third kappa shape index (κ3) is 2.39. The van der Waals surface area contributed by atoms with Gasteiger partial charge in [0, 0.05) is 5.39 Å². The number of nitrogens with zero attached hydrogens (tertiary/aromatic N) is 2. The topological polar surface area (TPSA) is 55.2 Å². The van der Waals surface area contributed by atoms with Crippen LogP contribution < -0.4 is 4.74 Å². The Balaban J connectivity index is 2.01. The molecule has 0 fully saturated rings. The van der Waals surface area contributed by atoms with Crippen molar-refractivity contribution in [1.82, 2.24) is 9.97 Å². The van der Waals surface area contributed by atoms with Crippen LogP contribution in [0.2, 0.25) is 0 Å². The number of fused-ring (bicyclic) bond motifs is 1. The fraction of sp³-hybridized carbons (Fsp3) is 0.0667. The minimum absolute atomic E-state index is 0.153. The van der Waals surface area contributed by atoms with Gasteiger partial charge >= 0.3 is 0 Å². The van der Waals surface area contributed by atoms with Crippen molar-refractivity contribution in [2.24, 2.45) is 0 Å². The van der Waals surface area contributed by atoms with Crippen molar-refractivity contribution in [2.45, 2.75) is 6.61 Å². The molecule has 1 aromatic heterocycles. The average molecular weight is 252 g/mol.